The fraction of sp³-hybridized carbons (Fsp3) is 1.00. The van der Waals surface area contributed by atoms with Gasteiger partial charge in [-0.1, -0.05) is 57.8 Å². The monoisotopic (exact) mass is 283 g/mol. The van der Waals surface area contributed by atoms with Crippen molar-refractivity contribution in [1.82, 2.24) is 5.32 Å². The summed E-state index contributed by atoms with van der Waals surface area (Å²) in [5.74, 6) is 0. The smallest absolute Gasteiger partial charge is 0.0933 e. The molecule has 0 bridgehead atoms. The van der Waals surface area contributed by atoms with Crippen LogP contribution in [0.4, 0.5) is 0 Å². The van der Waals surface area contributed by atoms with Crippen LogP contribution in [0, 0.1) is 0 Å². The Labute approximate surface area is 124 Å². The number of nitrogens with one attached hydrogen (secondary N) is 1. The third-order valence-electron chi connectivity index (χ3n) is 4.62. The molecule has 118 valence electrons. The van der Waals surface area contributed by atoms with Crippen LogP contribution in [-0.2, 0) is 9.47 Å². The van der Waals surface area contributed by atoms with Gasteiger partial charge in [-0.3, -0.25) is 0 Å². The van der Waals surface area contributed by atoms with Crippen molar-refractivity contribution in [2.24, 2.45) is 0 Å². The summed E-state index contributed by atoms with van der Waals surface area (Å²) in [7, 11) is 0. The van der Waals surface area contributed by atoms with E-state index in [2.05, 4.69) is 5.32 Å². The van der Waals surface area contributed by atoms with Gasteiger partial charge in [0.05, 0.1) is 25.9 Å². The maximum atomic E-state index is 5.72. The summed E-state index contributed by atoms with van der Waals surface area (Å²) in [5.41, 5.74) is 0. The lowest BCUT2D eigenvalue weighted by Crippen LogP contribution is -2.41. The van der Waals surface area contributed by atoms with Gasteiger partial charge in [0.15, 0.2) is 0 Å². The molecule has 1 N–H and O–H groups in total. The molecule has 1 unspecified atom stereocenters. The topological polar surface area (TPSA) is 30.5 Å². The summed E-state index contributed by atoms with van der Waals surface area (Å²) >= 11 is 0. The van der Waals surface area contributed by atoms with Crippen molar-refractivity contribution in [2.75, 3.05) is 26.4 Å². The second-order valence-electron chi connectivity index (χ2n) is 6.43. The fourth-order valence-corrected chi connectivity index (χ4v) is 3.32. The highest BCUT2D eigenvalue weighted by Crippen LogP contribution is 2.17. The van der Waals surface area contributed by atoms with E-state index < -0.39 is 0 Å². The van der Waals surface area contributed by atoms with Crippen LogP contribution in [0.5, 0.6) is 0 Å². The zero-order chi connectivity index (χ0) is 13.9. The van der Waals surface area contributed by atoms with Crippen LogP contribution in [0.25, 0.3) is 0 Å². The van der Waals surface area contributed by atoms with Crippen LogP contribution in [0.3, 0.4) is 0 Å². The highest BCUT2D eigenvalue weighted by atomic mass is 16.6. The van der Waals surface area contributed by atoms with E-state index in [0.717, 1.165) is 26.4 Å². The van der Waals surface area contributed by atoms with Crippen LogP contribution in [-0.4, -0.2) is 38.5 Å². The Morgan fingerprint density at radius 2 is 1.35 bits per heavy atom. The molecule has 1 heterocycles. The van der Waals surface area contributed by atoms with Gasteiger partial charge in [-0.15, -0.1) is 0 Å². The molecule has 0 aromatic heterocycles. The molecule has 3 nitrogen and oxygen atoms in total. The van der Waals surface area contributed by atoms with E-state index in [1.807, 2.05) is 0 Å². The van der Waals surface area contributed by atoms with Crippen LogP contribution in [0.15, 0.2) is 0 Å². The lowest BCUT2D eigenvalue weighted by molar-refractivity contribution is -0.0872. The molecule has 1 aliphatic carbocycles. The standard InChI is InChI=1S/C17H33NO2/c1-2-4-6-8-10-16(11-9-7-5-3-1)18-14-17-15-19-12-13-20-17/h16-18H,1-15H2. The van der Waals surface area contributed by atoms with Crippen LogP contribution < -0.4 is 5.32 Å². The Hall–Kier alpha value is -0.120. The average Bonchev–Trinajstić information content (AvgIpc) is 2.48. The van der Waals surface area contributed by atoms with Gasteiger partial charge in [-0.2, -0.15) is 0 Å². The maximum absolute atomic E-state index is 5.72. The van der Waals surface area contributed by atoms with Gasteiger partial charge in [0.1, 0.15) is 0 Å². The first kappa shape index (κ1) is 16.3. The molecule has 20 heavy (non-hydrogen) atoms. The van der Waals surface area contributed by atoms with Gasteiger partial charge in [-0.25, -0.2) is 0 Å². The molecule has 3 heteroatoms. The van der Waals surface area contributed by atoms with Crippen LogP contribution in [0.1, 0.15) is 70.6 Å². The molecule has 0 amide bonds. The number of hydrogen-bond donors (Lipinski definition) is 1. The van der Waals surface area contributed by atoms with Crippen molar-refractivity contribution in [2.45, 2.75) is 82.8 Å². The Morgan fingerprint density at radius 3 is 1.90 bits per heavy atom. The minimum atomic E-state index is 0.269. The normalized spacial score (nSPS) is 28.5. The van der Waals surface area contributed by atoms with Crippen molar-refractivity contribution in [3.63, 3.8) is 0 Å². The third kappa shape index (κ3) is 7.05. The molecule has 2 aliphatic rings. The second-order valence-corrected chi connectivity index (χ2v) is 6.43. The van der Waals surface area contributed by atoms with Gasteiger partial charge in [0.2, 0.25) is 0 Å². The second kappa shape index (κ2) is 10.6. The number of hydrogen-bond acceptors (Lipinski definition) is 3. The maximum Gasteiger partial charge on any atom is 0.0933 e. The van der Waals surface area contributed by atoms with Gasteiger partial charge in [0.25, 0.3) is 0 Å². The molecule has 0 spiro atoms. The molecule has 0 aromatic carbocycles. The van der Waals surface area contributed by atoms with Gasteiger partial charge >= 0.3 is 0 Å². The summed E-state index contributed by atoms with van der Waals surface area (Å²) < 4.78 is 11.2. The fourth-order valence-electron chi connectivity index (χ4n) is 3.32. The summed E-state index contributed by atoms with van der Waals surface area (Å²) in [6.07, 6.45) is 15.8. The van der Waals surface area contributed by atoms with E-state index >= 15 is 0 Å². The first-order chi connectivity index (χ1) is 9.95. The number of rotatable bonds is 3. The SMILES string of the molecule is C1CCCCCC(NCC2COCCO2)CCCCC1. The van der Waals surface area contributed by atoms with E-state index in [1.54, 1.807) is 0 Å². The summed E-state index contributed by atoms with van der Waals surface area (Å²) in [6.45, 7) is 3.25. The minimum Gasteiger partial charge on any atom is -0.376 e. The van der Waals surface area contributed by atoms with E-state index in [4.69, 9.17) is 9.47 Å². The van der Waals surface area contributed by atoms with E-state index in [1.165, 1.54) is 70.6 Å². The zero-order valence-electron chi connectivity index (χ0n) is 13.1. The molecule has 0 aromatic rings. The van der Waals surface area contributed by atoms with Gasteiger partial charge in [-0.05, 0) is 12.8 Å². The lowest BCUT2D eigenvalue weighted by Gasteiger charge is -2.26. The Balaban J connectivity index is 1.65. The summed E-state index contributed by atoms with van der Waals surface area (Å²) in [5, 5.41) is 3.74. The van der Waals surface area contributed by atoms with Crippen molar-refractivity contribution >= 4 is 0 Å². The lowest BCUT2D eigenvalue weighted by atomic mass is 9.98. The largest absolute Gasteiger partial charge is 0.376 e. The Bertz CT molecular complexity index is 217. The predicted molar refractivity (Wildman–Crippen MR) is 83.1 cm³/mol. The highest BCUT2D eigenvalue weighted by Gasteiger charge is 2.16. The van der Waals surface area contributed by atoms with Crippen molar-refractivity contribution in [1.29, 1.82) is 0 Å². The summed E-state index contributed by atoms with van der Waals surface area (Å²) in [4.78, 5) is 0. The summed E-state index contributed by atoms with van der Waals surface area (Å²) in [6, 6.07) is 0.694. The number of ether oxygens (including phenoxy) is 2. The van der Waals surface area contributed by atoms with Crippen LogP contribution in [0.2, 0.25) is 0 Å². The molecule has 2 fully saturated rings. The van der Waals surface area contributed by atoms with Gasteiger partial charge in [0, 0.05) is 12.6 Å². The quantitative estimate of drug-likeness (QED) is 0.857. The van der Waals surface area contributed by atoms with E-state index in [9.17, 15) is 0 Å². The molecule has 2 rings (SSSR count). The molecule has 1 aliphatic heterocycles. The Kier molecular flexibility index (Phi) is 8.60. The Morgan fingerprint density at radius 1 is 0.750 bits per heavy atom. The molecule has 1 saturated heterocycles. The van der Waals surface area contributed by atoms with Crippen molar-refractivity contribution in [3.05, 3.63) is 0 Å². The average molecular weight is 283 g/mol. The molecule has 0 radical (unpaired) electrons. The van der Waals surface area contributed by atoms with Crippen LogP contribution >= 0.6 is 0 Å². The third-order valence-corrected chi connectivity index (χ3v) is 4.62. The molecule has 1 atom stereocenters. The minimum absolute atomic E-state index is 0.269. The highest BCUT2D eigenvalue weighted by molar-refractivity contribution is 4.72. The first-order valence-corrected chi connectivity index (χ1v) is 8.88. The molecular weight excluding hydrogens is 250 g/mol. The van der Waals surface area contributed by atoms with E-state index in [-0.39, 0.29) is 6.10 Å². The predicted octanol–water partition coefficient (Wildman–Crippen LogP) is 3.66. The zero-order valence-corrected chi connectivity index (χ0v) is 13.1. The van der Waals surface area contributed by atoms with Crippen molar-refractivity contribution in [3.8, 4) is 0 Å². The van der Waals surface area contributed by atoms with E-state index in [0.29, 0.717) is 6.04 Å². The van der Waals surface area contributed by atoms with Gasteiger partial charge < -0.3 is 14.8 Å². The molecular formula is C17H33NO2. The first-order valence-electron chi connectivity index (χ1n) is 8.88. The molecule has 1 saturated carbocycles. The van der Waals surface area contributed by atoms with Crippen molar-refractivity contribution < 1.29 is 9.47 Å².